The fourth-order valence-corrected chi connectivity index (χ4v) is 4.01. The van der Waals surface area contributed by atoms with Gasteiger partial charge in [0.2, 0.25) is 0 Å². The van der Waals surface area contributed by atoms with Gasteiger partial charge in [0.05, 0.1) is 5.69 Å². The van der Waals surface area contributed by atoms with Crippen LogP contribution in [0, 0.1) is 13.8 Å². The number of benzene rings is 1. The normalized spacial score (nSPS) is 12.1. The predicted octanol–water partition coefficient (Wildman–Crippen LogP) is 4.97. The topological polar surface area (TPSA) is 12.4 Å². The summed E-state index contributed by atoms with van der Waals surface area (Å²) in [5.74, 6) is 0. The Labute approximate surface area is 111 Å². The van der Waals surface area contributed by atoms with Crippen LogP contribution in [0.3, 0.4) is 0 Å². The highest BCUT2D eigenvalue weighted by Crippen LogP contribution is 2.28. The molecule has 5 heteroatoms. The third-order valence-electron chi connectivity index (χ3n) is 2.35. The maximum atomic E-state index is 6.05. The molecule has 0 fully saturated rings. The lowest BCUT2D eigenvalue weighted by atomic mass is 10.1. The van der Waals surface area contributed by atoms with Crippen molar-refractivity contribution in [3.05, 3.63) is 43.4 Å². The van der Waals surface area contributed by atoms with Crippen LogP contribution in [0.4, 0.5) is 5.69 Å². The summed E-state index contributed by atoms with van der Waals surface area (Å²) in [6, 6.07) is 6.05. The summed E-state index contributed by atoms with van der Waals surface area (Å²) >= 11 is 11.9. The molecule has 2 aromatic rings. The maximum Gasteiger partial charge on any atom is 0.147 e. The largest absolute Gasteiger partial charge is 0.235 e. The van der Waals surface area contributed by atoms with E-state index in [-0.39, 0.29) is 0 Å². The average Bonchev–Trinajstić information content (AvgIpc) is 2.57. The SMILES string of the molecule is Cc1cccc(N=c2ssc(Cl)c2Cl)c1C. The minimum absolute atomic E-state index is 0.553. The van der Waals surface area contributed by atoms with Crippen LogP contribution in [0.5, 0.6) is 0 Å². The van der Waals surface area contributed by atoms with Crippen molar-refractivity contribution >= 4 is 49.6 Å². The highest BCUT2D eigenvalue weighted by atomic mass is 35.5. The summed E-state index contributed by atoms with van der Waals surface area (Å²) in [6.45, 7) is 4.13. The molecule has 1 heterocycles. The zero-order chi connectivity index (χ0) is 11.7. The summed E-state index contributed by atoms with van der Waals surface area (Å²) in [5, 5.41) is 0.553. The molecule has 0 saturated carbocycles. The maximum absolute atomic E-state index is 6.05. The molecule has 0 spiro atoms. The van der Waals surface area contributed by atoms with Gasteiger partial charge in [-0.2, -0.15) is 0 Å². The molecule has 0 atom stereocenters. The Kier molecular flexibility index (Phi) is 3.70. The van der Waals surface area contributed by atoms with E-state index in [1.54, 1.807) is 0 Å². The number of nitrogens with zero attached hydrogens (tertiary/aromatic N) is 1. The Hall–Kier alpha value is -0.350. The first-order valence-electron chi connectivity index (χ1n) is 4.64. The molecule has 0 amide bonds. The zero-order valence-electron chi connectivity index (χ0n) is 8.75. The second kappa shape index (κ2) is 4.88. The van der Waals surface area contributed by atoms with Crippen LogP contribution in [0.1, 0.15) is 11.1 Å². The molecule has 0 N–H and O–H groups in total. The molecule has 0 aliphatic carbocycles. The van der Waals surface area contributed by atoms with E-state index >= 15 is 0 Å². The molecule has 1 aromatic carbocycles. The van der Waals surface area contributed by atoms with Gasteiger partial charge in [-0.15, -0.1) is 0 Å². The van der Waals surface area contributed by atoms with Gasteiger partial charge < -0.3 is 0 Å². The van der Waals surface area contributed by atoms with Crippen molar-refractivity contribution in [2.45, 2.75) is 13.8 Å². The average molecular weight is 290 g/mol. The van der Waals surface area contributed by atoms with Gasteiger partial charge in [0.1, 0.15) is 14.0 Å². The number of rotatable bonds is 1. The molecule has 0 saturated heterocycles. The fourth-order valence-electron chi connectivity index (χ4n) is 1.27. The molecule has 16 heavy (non-hydrogen) atoms. The second-order valence-electron chi connectivity index (χ2n) is 3.39. The van der Waals surface area contributed by atoms with Gasteiger partial charge >= 0.3 is 0 Å². The van der Waals surface area contributed by atoms with E-state index in [2.05, 4.69) is 24.9 Å². The van der Waals surface area contributed by atoms with Crippen molar-refractivity contribution in [1.82, 2.24) is 0 Å². The summed E-state index contributed by atoms with van der Waals surface area (Å²) < 4.78 is 1.39. The van der Waals surface area contributed by atoms with Crippen molar-refractivity contribution < 1.29 is 0 Å². The zero-order valence-corrected chi connectivity index (χ0v) is 11.9. The minimum Gasteiger partial charge on any atom is -0.235 e. The fraction of sp³-hybridized carbons (Fsp3) is 0.182. The third-order valence-corrected chi connectivity index (χ3v) is 5.85. The van der Waals surface area contributed by atoms with Gasteiger partial charge in [0, 0.05) is 0 Å². The van der Waals surface area contributed by atoms with Gasteiger partial charge in [-0.3, -0.25) is 0 Å². The van der Waals surface area contributed by atoms with Crippen LogP contribution in [-0.4, -0.2) is 0 Å². The van der Waals surface area contributed by atoms with E-state index in [1.807, 2.05) is 12.1 Å². The molecule has 84 valence electrons. The van der Waals surface area contributed by atoms with Crippen molar-refractivity contribution in [2.75, 3.05) is 0 Å². The molecule has 1 nitrogen and oxygen atoms in total. The van der Waals surface area contributed by atoms with Crippen LogP contribution >= 0.6 is 43.9 Å². The Bertz CT molecular complexity index is 584. The highest BCUT2D eigenvalue weighted by Gasteiger charge is 2.05. The summed E-state index contributed by atoms with van der Waals surface area (Å²) in [6.07, 6.45) is 0. The van der Waals surface area contributed by atoms with Crippen molar-refractivity contribution in [3.8, 4) is 0 Å². The third kappa shape index (κ3) is 2.33. The Morgan fingerprint density at radius 3 is 2.50 bits per heavy atom. The van der Waals surface area contributed by atoms with E-state index in [0.29, 0.717) is 9.36 Å². The van der Waals surface area contributed by atoms with E-state index in [0.717, 1.165) is 10.4 Å². The van der Waals surface area contributed by atoms with E-state index in [9.17, 15) is 0 Å². The summed E-state index contributed by atoms with van der Waals surface area (Å²) in [7, 11) is 2.94. The highest BCUT2D eigenvalue weighted by molar-refractivity contribution is 7.69. The molecule has 0 radical (unpaired) electrons. The first-order chi connectivity index (χ1) is 7.59. The van der Waals surface area contributed by atoms with Crippen molar-refractivity contribution in [3.63, 3.8) is 0 Å². The van der Waals surface area contributed by atoms with E-state index < -0.39 is 0 Å². The van der Waals surface area contributed by atoms with Gasteiger partial charge in [0.25, 0.3) is 0 Å². The van der Waals surface area contributed by atoms with Gasteiger partial charge in [-0.1, -0.05) is 56.0 Å². The van der Waals surface area contributed by atoms with Crippen LogP contribution in [0.2, 0.25) is 9.36 Å². The van der Waals surface area contributed by atoms with Crippen LogP contribution in [-0.2, 0) is 0 Å². The molecule has 0 bridgehead atoms. The first-order valence-corrected chi connectivity index (χ1v) is 7.55. The monoisotopic (exact) mass is 289 g/mol. The number of hydrogen-bond acceptors (Lipinski definition) is 3. The second-order valence-corrected chi connectivity index (χ2v) is 6.50. The first kappa shape index (κ1) is 12.1. The minimum atomic E-state index is 0.553. The van der Waals surface area contributed by atoms with Crippen LogP contribution in [0.25, 0.3) is 0 Å². The molecule has 0 aliphatic rings. The number of aryl methyl sites for hydroxylation is 1. The summed E-state index contributed by atoms with van der Waals surface area (Å²) in [5.41, 5.74) is 3.35. The molecule has 1 aromatic heterocycles. The molecule has 0 aliphatic heterocycles. The lowest BCUT2D eigenvalue weighted by Crippen LogP contribution is -1.93. The quantitative estimate of drug-likeness (QED) is 0.658. The molecule has 2 rings (SSSR count). The van der Waals surface area contributed by atoms with E-state index in [1.165, 1.54) is 31.8 Å². The molecular weight excluding hydrogens is 281 g/mol. The number of halogens is 2. The standard InChI is InChI=1S/C11H9Cl2NS2/c1-6-4-3-5-8(7(6)2)14-11-9(12)10(13)15-16-11/h3-5H,1-2H3. The van der Waals surface area contributed by atoms with Crippen LogP contribution < -0.4 is 4.67 Å². The Balaban J connectivity index is 2.59. The van der Waals surface area contributed by atoms with E-state index in [4.69, 9.17) is 23.2 Å². The number of hydrogen-bond donors (Lipinski definition) is 0. The Morgan fingerprint density at radius 2 is 1.88 bits per heavy atom. The lowest BCUT2D eigenvalue weighted by molar-refractivity contribution is 1.28. The summed E-state index contributed by atoms with van der Waals surface area (Å²) in [4.78, 5) is 4.53. The molecular formula is C11H9Cl2NS2. The predicted molar refractivity (Wildman–Crippen MR) is 73.4 cm³/mol. The van der Waals surface area contributed by atoms with Gasteiger partial charge in [-0.25, -0.2) is 4.99 Å². The molecule has 0 unspecified atom stereocenters. The van der Waals surface area contributed by atoms with Crippen molar-refractivity contribution in [1.29, 1.82) is 0 Å². The van der Waals surface area contributed by atoms with Gasteiger partial charge in [0.15, 0.2) is 0 Å². The Morgan fingerprint density at radius 1 is 1.12 bits per heavy atom. The van der Waals surface area contributed by atoms with Gasteiger partial charge in [-0.05, 0) is 31.0 Å². The van der Waals surface area contributed by atoms with Crippen LogP contribution in [0.15, 0.2) is 23.2 Å². The van der Waals surface area contributed by atoms with Crippen molar-refractivity contribution in [2.24, 2.45) is 4.99 Å². The smallest absolute Gasteiger partial charge is 0.147 e. The lowest BCUT2D eigenvalue weighted by Gasteiger charge is -2.02.